The first-order chi connectivity index (χ1) is 16.1. The Morgan fingerprint density at radius 1 is 1.32 bits per heavy atom. The first-order valence-corrected chi connectivity index (χ1v) is 11.6. The SMILES string of the molecule is CCNc1nc(-c2ccccc2F)c(Cl)c2c1C(=O)N1CCN(C(=O)OC(C)(C)C)C[C@@H]1CO2. The number of nitrogens with one attached hydrogen (secondary N) is 1. The van der Waals surface area contributed by atoms with Gasteiger partial charge in [0.1, 0.15) is 34.4 Å². The van der Waals surface area contributed by atoms with E-state index in [1.165, 1.54) is 6.07 Å². The van der Waals surface area contributed by atoms with Gasteiger partial charge in [-0.25, -0.2) is 14.2 Å². The van der Waals surface area contributed by atoms with Crippen molar-refractivity contribution >= 4 is 29.4 Å². The Hall–Kier alpha value is -3.07. The molecule has 3 heterocycles. The third kappa shape index (κ3) is 4.61. The van der Waals surface area contributed by atoms with Crippen LogP contribution in [0.5, 0.6) is 5.75 Å². The van der Waals surface area contributed by atoms with Crippen LogP contribution in [0.3, 0.4) is 0 Å². The highest BCUT2D eigenvalue weighted by Crippen LogP contribution is 2.43. The Morgan fingerprint density at radius 2 is 2.06 bits per heavy atom. The van der Waals surface area contributed by atoms with E-state index in [2.05, 4.69) is 10.3 Å². The molecule has 0 aliphatic carbocycles. The van der Waals surface area contributed by atoms with E-state index >= 15 is 0 Å². The number of anilines is 1. The second-order valence-electron chi connectivity index (χ2n) is 9.23. The molecular weight excluding hydrogens is 463 g/mol. The maximum Gasteiger partial charge on any atom is 0.410 e. The van der Waals surface area contributed by atoms with Crippen LogP contribution in [0.15, 0.2) is 24.3 Å². The molecule has 2 aliphatic heterocycles. The van der Waals surface area contributed by atoms with Crippen LogP contribution < -0.4 is 10.1 Å². The maximum atomic E-state index is 14.6. The van der Waals surface area contributed by atoms with E-state index in [0.717, 1.165) is 0 Å². The molecule has 1 aromatic heterocycles. The standard InChI is InChI=1S/C24H28ClFN4O4/c1-5-27-21-17-20(18(25)19(28-21)15-8-6-7-9-16(15)26)33-13-14-12-29(10-11-30(14)22(17)31)23(32)34-24(2,3)4/h6-9,14H,5,10-13H2,1-4H3,(H,27,28)/t14-/m1/s1. The highest BCUT2D eigenvalue weighted by Gasteiger charge is 2.40. The number of benzene rings is 1. The summed E-state index contributed by atoms with van der Waals surface area (Å²) in [6, 6.07) is 5.77. The third-order valence-electron chi connectivity index (χ3n) is 5.60. The number of carbonyl (C=O) groups excluding carboxylic acids is 2. The van der Waals surface area contributed by atoms with Crippen molar-refractivity contribution in [1.29, 1.82) is 0 Å². The second-order valence-corrected chi connectivity index (χ2v) is 9.60. The Morgan fingerprint density at radius 3 is 2.74 bits per heavy atom. The monoisotopic (exact) mass is 490 g/mol. The Labute approximate surface area is 203 Å². The Bertz CT molecular complexity index is 1120. The third-order valence-corrected chi connectivity index (χ3v) is 5.95. The molecule has 0 bridgehead atoms. The van der Waals surface area contributed by atoms with Gasteiger partial charge in [-0.3, -0.25) is 4.79 Å². The first-order valence-electron chi connectivity index (χ1n) is 11.2. The summed E-state index contributed by atoms with van der Waals surface area (Å²) in [4.78, 5) is 34.0. The molecule has 4 rings (SSSR count). The average molecular weight is 491 g/mol. The number of pyridine rings is 1. The summed E-state index contributed by atoms with van der Waals surface area (Å²) in [7, 11) is 0. The van der Waals surface area contributed by atoms with Crippen molar-refractivity contribution in [3.8, 4) is 17.0 Å². The molecule has 0 radical (unpaired) electrons. The van der Waals surface area contributed by atoms with Gasteiger partial charge in [-0.1, -0.05) is 23.7 Å². The maximum absolute atomic E-state index is 14.6. The van der Waals surface area contributed by atoms with Gasteiger partial charge in [-0.05, 0) is 39.8 Å². The van der Waals surface area contributed by atoms with E-state index in [1.807, 2.05) is 6.92 Å². The predicted molar refractivity (Wildman–Crippen MR) is 127 cm³/mol. The quantitative estimate of drug-likeness (QED) is 0.685. The molecule has 182 valence electrons. The van der Waals surface area contributed by atoms with Gasteiger partial charge < -0.3 is 24.6 Å². The lowest BCUT2D eigenvalue weighted by atomic mass is 10.1. The number of amides is 2. The molecule has 0 spiro atoms. The Kier molecular flexibility index (Phi) is 6.58. The van der Waals surface area contributed by atoms with Gasteiger partial charge in [0.15, 0.2) is 5.75 Å². The fourth-order valence-electron chi connectivity index (χ4n) is 4.08. The predicted octanol–water partition coefficient (Wildman–Crippen LogP) is 4.43. The van der Waals surface area contributed by atoms with E-state index in [-0.39, 0.29) is 52.5 Å². The minimum atomic E-state index is -0.622. The molecule has 2 aromatic rings. The zero-order valence-corrected chi connectivity index (χ0v) is 20.4. The fraction of sp³-hybridized carbons (Fsp3) is 0.458. The molecule has 2 aliphatic rings. The zero-order valence-electron chi connectivity index (χ0n) is 19.7. The molecule has 1 aromatic carbocycles. The van der Waals surface area contributed by atoms with Crippen molar-refractivity contribution < 1.29 is 23.5 Å². The number of nitrogens with zero attached hydrogens (tertiary/aromatic N) is 3. The van der Waals surface area contributed by atoms with Crippen molar-refractivity contribution in [2.24, 2.45) is 0 Å². The lowest BCUT2D eigenvalue weighted by Gasteiger charge is -2.40. The number of halogens is 2. The van der Waals surface area contributed by atoms with Gasteiger partial charge in [0.2, 0.25) is 0 Å². The van der Waals surface area contributed by atoms with Crippen LogP contribution in [0.1, 0.15) is 38.1 Å². The molecule has 0 unspecified atom stereocenters. The first kappa shape index (κ1) is 24.1. The molecule has 34 heavy (non-hydrogen) atoms. The summed E-state index contributed by atoms with van der Waals surface area (Å²) in [6.07, 6.45) is -0.434. The molecule has 1 atom stereocenters. The lowest BCUT2D eigenvalue weighted by molar-refractivity contribution is 0.000958. The van der Waals surface area contributed by atoms with Crippen LogP contribution in [0, 0.1) is 5.82 Å². The summed E-state index contributed by atoms with van der Waals surface area (Å²) >= 11 is 6.66. The number of rotatable bonds is 3. The van der Waals surface area contributed by atoms with Gasteiger partial charge in [-0.2, -0.15) is 0 Å². The van der Waals surface area contributed by atoms with Gasteiger partial charge in [-0.15, -0.1) is 0 Å². The van der Waals surface area contributed by atoms with Crippen LogP contribution in [0.2, 0.25) is 5.02 Å². The summed E-state index contributed by atoms with van der Waals surface area (Å²) in [5.74, 6) is -0.342. The molecule has 0 saturated carbocycles. The summed E-state index contributed by atoms with van der Waals surface area (Å²) < 4.78 is 26.1. The minimum Gasteiger partial charge on any atom is -0.489 e. The lowest BCUT2D eigenvalue weighted by Crippen LogP contribution is -2.58. The minimum absolute atomic E-state index is 0.0685. The normalized spacial score (nSPS) is 17.9. The molecule has 1 saturated heterocycles. The summed E-state index contributed by atoms with van der Waals surface area (Å²) in [6.45, 7) is 8.79. The highest BCUT2D eigenvalue weighted by atomic mass is 35.5. The van der Waals surface area contributed by atoms with E-state index in [1.54, 1.807) is 48.8 Å². The molecule has 8 nitrogen and oxygen atoms in total. The number of hydrogen-bond acceptors (Lipinski definition) is 6. The van der Waals surface area contributed by atoms with Crippen LogP contribution in [-0.4, -0.2) is 71.2 Å². The number of hydrogen-bond donors (Lipinski definition) is 1. The van der Waals surface area contributed by atoms with Gasteiger partial charge in [0.25, 0.3) is 5.91 Å². The topological polar surface area (TPSA) is 84.0 Å². The molecule has 2 amide bonds. The number of piperazine rings is 1. The van der Waals surface area contributed by atoms with Crippen molar-refractivity contribution in [3.63, 3.8) is 0 Å². The van der Waals surface area contributed by atoms with Crippen molar-refractivity contribution in [1.82, 2.24) is 14.8 Å². The van der Waals surface area contributed by atoms with Crippen molar-refractivity contribution in [2.45, 2.75) is 39.3 Å². The second kappa shape index (κ2) is 9.29. The fourth-order valence-corrected chi connectivity index (χ4v) is 4.38. The van der Waals surface area contributed by atoms with Crippen molar-refractivity contribution in [3.05, 3.63) is 40.7 Å². The van der Waals surface area contributed by atoms with Crippen LogP contribution in [0.25, 0.3) is 11.3 Å². The Balaban J connectivity index is 1.70. The largest absolute Gasteiger partial charge is 0.489 e. The number of fused-ring (bicyclic) bond motifs is 2. The number of carbonyl (C=O) groups is 2. The highest BCUT2D eigenvalue weighted by molar-refractivity contribution is 6.35. The van der Waals surface area contributed by atoms with Crippen molar-refractivity contribution in [2.75, 3.05) is 38.1 Å². The van der Waals surface area contributed by atoms with Crippen LogP contribution >= 0.6 is 11.6 Å². The molecule has 1 N–H and O–H groups in total. The van der Waals surface area contributed by atoms with E-state index in [9.17, 15) is 14.0 Å². The van der Waals surface area contributed by atoms with Gasteiger partial charge in [0, 0.05) is 31.7 Å². The van der Waals surface area contributed by atoms with Crippen LogP contribution in [0.4, 0.5) is 15.0 Å². The van der Waals surface area contributed by atoms with Crippen LogP contribution in [-0.2, 0) is 4.74 Å². The molecule has 1 fully saturated rings. The van der Waals surface area contributed by atoms with E-state index in [0.29, 0.717) is 19.6 Å². The average Bonchev–Trinajstić information content (AvgIpc) is 2.92. The number of aromatic nitrogens is 1. The van der Waals surface area contributed by atoms with Gasteiger partial charge in [0.05, 0.1) is 11.7 Å². The smallest absolute Gasteiger partial charge is 0.410 e. The number of ether oxygens (including phenoxy) is 2. The molecular formula is C24H28ClFN4O4. The van der Waals surface area contributed by atoms with E-state index in [4.69, 9.17) is 21.1 Å². The zero-order chi connectivity index (χ0) is 24.6. The van der Waals surface area contributed by atoms with E-state index < -0.39 is 23.6 Å². The summed E-state index contributed by atoms with van der Waals surface area (Å²) in [5, 5.41) is 3.16. The van der Waals surface area contributed by atoms with Gasteiger partial charge >= 0.3 is 6.09 Å². The summed E-state index contributed by atoms with van der Waals surface area (Å²) in [5.41, 5.74) is -0.00950. The molecule has 10 heteroatoms.